The summed E-state index contributed by atoms with van der Waals surface area (Å²) in [6.07, 6.45) is -0.490. The highest BCUT2D eigenvalue weighted by atomic mass is 16.5. The van der Waals surface area contributed by atoms with E-state index in [4.69, 9.17) is 9.15 Å². The monoisotopic (exact) mass is 288 g/mol. The molecule has 2 aromatic rings. The van der Waals surface area contributed by atoms with Crippen molar-refractivity contribution in [2.45, 2.75) is 13.0 Å². The van der Waals surface area contributed by atoms with Gasteiger partial charge in [0.1, 0.15) is 6.10 Å². The third-order valence-corrected chi connectivity index (χ3v) is 3.16. The molecule has 1 aromatic heterocycles. The SMILES string of the molecule is Cc1nnc(-c2ccccc2NC(=O)C2CNCCO2)o1. The number of amides is 1. The van der Waals surface area contributed by atoms with Crippen molar-refractivity contribution in [2.75, 3.05) is 25.0 Å². The van der Waals surface area contributed by atoms with Gasteiger partial charge in [0.2, 0.25) is 11.8 Å². The van der Waals surface area contributed by atoms with Crippen molar-refractivity contribution in [3.63, 3.8) is 0 Å². The van der Waals surface area contributed by atoms with Gasteiger partial charge in [0, 0.05) is 20.0 Å². The molecule has 1 aliphatic heterocycles. The first-order chi connectivity index (χ1) is 10.2. The van der Waals surface area contributed by atoms with Crippen LogP contribution in [0.1, 0.15) is 5.89 Å². The van der Waals surface area contributed by atoms with Gasteiger partial charge in [0.15, 0.2) is 0 Å². The van der Waals surface area contributed by atoms with Gasteiger partial charge in [-0.1, -0.05) is 12.1 Å². The van der Waals surface area contributed by atoms with Crippen LogP contribution in [-0.4, -0.2) is 41.9 Å². The zero-order valence-corrected chi connectivity index (χ0v) is 11.6. The van der Waals surface area contributed by atoms with E-state index in [1.54, 1.807) is 13.0 Å². The van der Waals surface area contributed by atoms with E-state index in [-0.39, 0.29) is 5.91 Å². The maximum absolute atomic E-state index is 12.2. The predicted molar refractivity (Wildman–Crippen MR) is 75.7 cm³/mol. The zero-order chi connectivity index (χ0) is 14.7. The second-order valence-corrected chi connectivity index (χ2v) is 4.72. The fourth-order valence-corrected chi connectivity index (χ4v) is 2.13. The summed E-state index contributed by atoms with van der Waals surface area (Å²) in [5.41, 5.74) is 1.32. The minimum Gasteiger partial charge on any atom is -0.421 e. The standard InChI is InChI=1S/C14H16N4O3/c1-9-17-18-14(21-9)10-4-2-3-5-11(10)16-13(19)12-8-15-6-7-20-12/h2-5,12,15H,6-8H2,1H3,(H,16,19). The third-order valence-electron chi connectivity index (χ3n) is 3.16. The van der Waals surface area contributed by atoms with Gasteiger partial charge >= 0.3 is 0 Å². The van der Waals surface area contributed by atoms with Crippen LogP contribution in [0.5, 0.6) is 0 Å². The first kappa shape index (κ1) is 13.7. The number of anilines is 1. The van der Waals surface area contributed by atoms with Crippen molar-refractivity contribution in [1.82, 2.24) is 15.5 Å². The zero-order valence-electron chi connectivity index (χ0n) is 11.6. The van der Waals surface area contributed by atoms with Crippen molar-refractivity contribution < 1.29 is 13.9 Å². The average Bonchev–Trinajstić information content (AvgIpc) is 2.95. The fraction of sp³-hybridized carbons (Fsp3) is 0.357. The van der Waals surface area contributed by atoms with E-state index < -0.39 is 6.10 Å². The minimum absolute atomic E-state index is 0.189. The van der Waals surface area contributed by atoms with Crippen LogP contribution in [0.3, 0.4) is 0 Å². The van der Waals surface area contributed by atoms with E-state index in [1.165, 1.54) is 0 Å². The summed E-state index contributed by atoms with van der Waals surface area (Å²) < 4.78 is 10.9. The lowest BCUT2D eigenvalue weighted by molar-refractivity contribution is -0.128. The number of rotatable bonds is 3. The van der Waals surface area contributed by atoms with Gasteiger partial charge in [-0.05, 0) is 12.1 Å². The van der Waals surface area contributed by atoms with Gasteiger partial charge in [-0.2, -0.15) is 0 Å². The first-order valence-corrected chi connectivity index (χ1v) is 6.77. The maximum atomic E-state index is 12.2. The lowest BCUT2D eigenvalue weighted by Crippen LogP contribution is -2.45. The topological polar surface area (TPSA) is 89.3 Å². The molecule has 2 heterocycles. The van der Waals surface area contributed by atoms with E-state index in [0.29, 0.717) is 36.2 Å². The Bertz CT molecular complexity index is 635. The molecule has 1 fully saturated rings. The quantitative estimate of drug-likeness (QED) is 0.875. The van der Waals surface area contributed by atoms with E-state index in [0.717, 1.165) is 6.54 Å². The molecule has 1 saturated heterocycles. The number of carbonyl (C=O) groups excluding carboxylic acids is 1. The highest BCUT2D eigenvalue weighted by Crippen LogP contribution is 2.26. The predicted octanol–water partition coefficient (Wildman–Crippen LogP) is 0.972. The number of morpholine rings is 1. The Morgan fingerprint density at radius 3 is 2.95 bits per heavy atom. The van der Waals surface area contributed by atoms with Gasteiger partial charge < -0.3 is 19.8 Å². The van der Waals surface area contributed by atoms with E-state index in [1.807, 2.05) is 18.2 Å². The Kier molecular flexibility index (Phi) is 3.94. The summed E-state index contributed by atoms with van der Waals surface area (Å²) in [7, 11) is 0. The molecule has 0 spiro atoms. The van der Waals surface area contributed by atoms with Crippen molar-refractivity contribution in [1.29, 1.82) is 0 Å². The van der Waals surface area contributed by atoms with Crippen molar-refractivity contribution in [3.05, 3.63) is 30.2 Å². The van der Waals surface area contributed by atoms with Gasteiger partial charge in [0.05, 0.1) is 17.9 Å². The Morgan fingerprint density at radius 2 is 2.24 bits per heavy atom. The van der Waals surface area contributed by atoms with Crippen LogP contribution < -0.4 is 10.6 Å². The number of hydrogen-bond acceptors (Lipinski definition) is 6. The Morgan fingerprint density at radius 1 is 1.38 bits per heavy atom. The summed E-state index contributed by atoms with van der Waals surface area (Å²) in [4.78, 5) is 12.2. The molecule has 1 unspecified atom stereocenters. The molecule has 110 valence electrons. The molecule has 3 rings (SSSR count). The van der Waals surface area contributed by atoms with Crippen LogP contribution in [-0.2, 0) is 9.53 Å². The number of hydrogen-bond donors (Lipinski definition) is 2. The molecule has 1 amide bonds. The summed E-state index contributed by atoms with van der Waals surface area (Å²) in [5.74, 6) is 0.669. The molecule has 7 nitrogen and oxygen atoms in total. The molecular weight excluding hydrogens is 272 g/mol. The van der Waals surface area contributed by atoms with Crippen molar-refractivity contribution in [3.8, 4) is 11.5 Å². The second-order valence-electron chi connectivity index (χ2n) is 4.72. The van der Waals surface area contributed by atoms with Crippen LogP contribution in [0, 0.1) is 6.92 Å². The average molecular weight is 288 g/mol. The lowest BCUT2D eigenvalue weighted by atomic mass is 10.1. The number of ether oxygens (including phenoxy) is 1. The number of para-hydroxylation sites is 1. The van der Waals surface area contributed by atoms with Crippen molar-refractivity contribution in [2.24, 2.45) is 0 Å². The first-order valence-electron chi connectivity index (χ1n) is 6.77. The molecule has 0 bridgehead atoms. The highest BCUT2D eigenvalue weighted by molar-refractivity contribution is 5.97. The minimum atomic E-state index is -0.490. The number of nitrogens with zero attached hydrogens (tertiary/aromatic N) is 2. The van der Waals surface area contributed by atoms with Gasteiger partial charge in [-0.15, -0.1) is 10.2 Å². The number of aromatic nitrogens is 2. The van der Waals surface area contributed by atoms with E-state index >= 15 is 0 Å². The molecule has 2 N–H and O–H groups in total. The Balaban J connectivity index is 1.80. The molecule has 0 radical (unpaired) electrons. The molecule has 1 aromatic carbocycles. The molecule has 1 aliphatic rings. The third kappa shape index (κ3) is 3.09. The van der Waals surface area contributed by atoms with E-state index in [9.17, 15) is 4.79 Å². The van der Waals surface area contributed by atoms with Crippen LogP contribution in [0.4, 0.5) is 5.69 Å². The number of nitrogens with one attached hydrogen (secondary N) is 2. The summed E-state index contributed by atoms with van der Waals surface area (Å²) >= 11 is 0. The van der Waals surface area contributed by atoms with Crippen LogP contribution in [0.25, 0.3) is 11.5 Å². The Labute approximate surface area is 121 Å². The van der Waals surface area contributed by atoms with Crippen LogP contribution in [0.15, 0.2) is 28.7 Å². The molecule has 21 heavy (non-hydrogen) atoms. The normalized spacial score (nSPS) is 18.4. The summed E-state index contributed by atoms with van der Waals surface area (Å²) in [6.45, 7) is 3.52. The van der Waals surface area contributed by atoms with Gasteiger partial charge in [-0.25, -0.2) is 0 Å². The van der Waals surface area contributed by atoms with Gasteiger partial charge in [0.25, 0.3) is 5.91 Å². The molecule has 0 saturated carbocycles. The maximum Gasteiger partial charge on any atom is 0.254 e. The van der Waals surface area contributed by atoms with E-state index in [2.05, 4.69) is 20.8 Å². The Hall–Kier alpha value is -2.25. The van der Waals surface area contributed by atoms with Gasteiger partial charge in [-0.3, -0.25) is 4.79 Å². The fourth-order valence-electron chi connectivity index (χ4n) is 2.13. The number of aryl methyl sites for hydroxylation is 1. The second kappa shape index (κ2) is 6.02. The number of carbonyl (C=O) groups is 1. The molecular formula is C14H16N4O3. The summed E-state index contributed by atoms with van der Waals surface area (Å²) in [5, 5.41) is 13.8. The van der Waals surface area contributed by atoms with Crippen molar-refractivity contribution >= 4 is 11.6 Å². The highest BCUT2D eigenvalue weighted by Gasteiger charge is 2.23. The molecule has 7 heteroatoms. The van der Waals surface area contributed by atoms with Crippen LogP contribution >= 0.6 is 0 Å². The number of benzene rings is 1. The van der Waals surface area contributed by atoms with Crippen LogP contribution in [0.2, 0.25) is 0 Å². The molecule has 1 atom stereocenters. The summed E-state index contributed by atoms with van der Waals surface area (Å²) in [6, 6.07) is 7.30. The lowest BCUT2D eigenvalue weighted by Gasteiger charge is -2.23. The largest absolute Gasteiger partial charge is 0.421 e. The smallest absolute Gasteiger partial charge is 0.254 e. The molecule has 0 aliphatic carbocycles.